The lowest BCUT2D eigenvalue weighted by Gasteiger charge is -2.37. The Bertz CT molecular complexity index is 1450. The van der Waals surface area contributed by atoms with Crippen LogP contribution in [0.5, 0.6) is 17.2 Å². The molecule has 1 aliphatic heterocycles. The first-order valence-corrected chi connectivity index (χ1v) is 12.9. The van der Waals surface area contributed by atoms with Gasteiger partial charge in [0.2, 0.25) is 0 Å². The molecule has 1 amide bonds. The van der Waals surface area contributed by atoms with Gasteiger partial charge in [0.15, 0.2) is 0 Å². The molecule has 1 aliphatic carbocycles. The standard InChI is InChI=1S/C31H31N3O3/c1-21-10-11-24(36-20-22-12-16-34(22)2)17-27(21)30(35)33-31(13-14-31)28-18-25(37-23-7-4-3-5-8-23)19-29-26(28)9-6-15-32-29/h3-11,15,17-19,22H,12-14,16,20H2,1-2H3,(H,33,35). The van der Waals surface area contributed by atoms with Crippen molar-refractivity contribution in [1.29, 1.82) is 0 Å². The van der Waals surface area contributed by atoms with E-state index in [1.807, 2.05) is 73.7 Å². The number of hydrogen-bond acceptors (Lipinski definition) is 5. The molecule has 1 N–H and O–H groups in total. The van der Waals surface area contributed by atoms with Crippen LogP contribution in [0.3, 0.4) is 0 Å². The topological polar surface area (TPSA) is 63.7 Å². The first-order chi connectivity index (χ1) is 18.0. The van der Waals surface area contributed by atoms with Crippen molar-refractivity contribution in [2.75, 3.05) is 20.2 Å². The average molecular weight is 494 g/mol. The van der Waals surface area contributed by atoms with Crippen molar-refractivity contribution >= 4 is 16.8 Å². The highest BCUT2D eigenvalue weighted by Gasteiger charge is 2.47. The number of hydrogen-bond donors (Lipinski definition) is 1. The largest absolute Gasteiger partial charge is 0.492 e. The van der Waals surface area contributed by atoms with E-state index in [0.717, 1.165) is 59.3 Å². The van der Waals surface area contributed by atoms with Crippen molar-refractivity contribution in [2.24, 2.45) is 0 Å². The number of fused-ring (bicyclic) bond motifs is 1. The van der Waals surface area contributed by atoms with Crippen LogP contribution in [0.4, 0.5) is 0 Å². The molecule has 37 heavy (non-hydrogen) atoms. The van der Waals surface area contributed by atoms with E-state index in [0.29, 0.717) is 24.0 Å². The second-order valence-corrected chi connectivity index (χ2v) is 10.2. The number of pyridine rings is 1. The number of nitrogens with one attached hydrogen (secondary N) is 1. The highest BCUT2D eigenvalue weighted by Crippen LogP contribution is 2.49. The Morgan fingerprint density at radius 1 is 1.03 bits per heavy atom. The minimum atomic E-state index is -0.452. The van der Waals surface area contributed by atoms with Gasteiger partial charge in [-0.25, -0.2) is 0 Å². The van der Waals surface area contributed by atoms with Gasteiger partial charge in [-0.15, -0.1) is 0 Å². The molecular formula is C31H31N3O3. The maximum absolute atomic E-state index is 13.6. The summed E-state index contributed by atoms with van der Waals surface area (Å²) in [6.45, 7) is 3.71. The summed E-state index contributed by atoms with van der Waals surface area (Å²) in [6.07, 6.45) is 4.66. The summed E-state index contributed by atoms with van der Waals surface area (Å²) in [7, 11) is 2.11. The zero-order valence-electron chi connectivity index (χ0n) is 21.2. The van der Waals surface area contributed by atoms with Crippen LogP contribution >= 0.6 is 0 Å². The summed E-state index contributed by atoms with van der Waals surface area (Å²) in [4.78, 5) is 20.5. The molecule has 2 heterocycles. The number of nitrogens with zero attached hydrogens (tertiary/aromatic N) is 2. The molecule has 1 saturated heterocycles. The molecular weight excluding hydrogens is 462 g/mol. The fourth-order valence-corrected chi connectivity index (χ4v) is 5.02. The van der Waals surface area contributed by atoms with Gasteiger partial charge in [0.1, 0.15) is 23.9 Å². The van der Waals surface area contributed by atoms with Crippen LogP contribution in [-0.4, -0.2) is 42.0 Å². The Labute approximate surface area is 217 Å². The van der Waals surface area contributed by atoms with Crippen LogP contribution in [0, 0.1) is 6.92 Å². The molecule has 0 radical (unpaired) electrons. The van der Waals surface area contributed by atoms with Gasteiger partial charge in [0.05, 0.1) is 11.1 Å². The Kier molecular flexibility index (Phi) is 6.05. The molecule has 6 nitrogen and oxygen atoms in total. The third-order valence-electron chi connectivity index (χ3n) is 7.63. The zero-order valence-corrected chi connectivity index (χ0v) is 21.2. The number of likely N-dealkylation sites (tertiary alicyclic amines) is 1. The van der Waals surface area contributed by atoms with Gasteiger partial charge < -0.3 is 14.8 Å². The summed E-state index contributed by atoms with van der Waals surface area (Å²) in [6, 6.07) is 23.9. The minimum absolute atomic E-state index is 0.0902. The summed E-state index contributed by atoms with van der Waals surface area (Å²) < 4.78 is 12.2. The van der Waals surface area contributed by atoms with E-state index in [-0.39, 0.29) is 5.91 Å². The van der Waals surface area contributed by atoms with Crippen molar-refractivity contribution in [3.05, 3.63) is 95.7 Å². The smallest absolute Gasteiger partial charge is 0.252 e. The highest BCUT2D eigenvalue weighted by atomic mass is 16.5. The Hall–Kier alpha value is -3.90. The Balaban J connectivity index is 1.27. The molecule has 0 spiro atoms. The monoisotopic (exact) mass is 493 g/mol. The highest BCUT2D eigenvalue weighted by molar-refractivity contribution is 5.97. The summed E-state index contributed by atoms with van der Waals surface area (Å²) in [5.41, 5.74) is 3.00. The van der Waals surface area contributed by atoms with Gasteiger partial charge in [0.25, 0.3) is 5.91 Å². The van der Waals surface area contributed by atoms with Crippen LogP contribution in [0.15, 0.2) is 79.0 Å². The van der Waals surface area contributed by atoms with Crippen LogP contribution < -0.4 is 14.8 Å². The number of likely N-dealkylation sites (N-methyl/N-ethyl adjacent to an activating group) is 1. The molecule has 1 atom stereocenters. The van der Waals surface area contributed by atoms with Gasteiger partial charge in [-0.2, -0.15) is 0 Å². The molecule has 6 heteroatoms. The molecule has 0 bridgehead atoms. The SMILES string of the molecule is Cc1ccc(OCC2CCN2C)cc1C(=O)NC1(c2cc(Oc3ccccc3)cc3ncccc23)CC1. The average Bonchev–Trinajstić information content (AvgIpc) is 3.69. The lowest BCUT2D eigenvalue weighted by atomic mass is 9.97. The zero-order chi connectivity index (χ0) is 25.4. The number of aromatic nitrogens is 1. The summed E-state index contributed by atoms with van der Waals surface area (Å²) in [5.74, 6) is 2.11. The third-order valence-corrected chi connectivity index (χ3v) is 7.63. The lowest BCUT2D eigenvalue weighted by molar-refractivity contribution is 0.0767. The summed E-state index contributed by atoms with van der Waals surface area (Å²) in [5, 5.41) is 4.39. The van der Waals surface area contributed by atoms with E-state index in [1.54, 1.807) is 6.20 Å². The third kappa shape index (κ3) is 4.77. The van der Waals surface area contributed by atoms with Gasteiger partial charge >= 0.3 is 0 Å². The fourth-order valence-electron chi connectivity index (χ4n) is 5.02. The molecule has 1 saturated carbocycles. The summed E-state index contributed by atoms with van der Waals surface area (Å²) >= 11 is 0. The molecule has 1 unspecified atom stereocenters. The number of amides is 1. The van der Waals surface area contributed by atoms with E-state index in [9.17, 15) is 4.79 Å². The normalized spacial score (nSPS) is 18.2. The second kappa shape index (κ2) is 9.52. The van der Waals surface area contributed by atoms with Crippen molar-refractivity contribution in [3.8, 4) is 17.2 Å². The van der Waals surface area contributed by atoms with Crippen molar-refractivity contribution in [3.63, 3.8) is 0 Å². The maximum atomic E-state index is 13.6. The number of carbonyl (C=O) groups is 1. The number of rotatable bonds is 8. The Morgan fingerprint density at radius 2 is 1.86 bits per heavy atom. The first kappa shape index (κ1) is 23.5. The quantitative estimate of drug-likeness (QED) is 0.334. The molecule has 1 aromatic heterocycles. The number of para-hydroxylation sites is 1. The van der Waals surface area contributed by atoms with Crippen LogP contribution in [0.25, 0.3) is 10.9 Å². The van der Waals surface area contributed by atoms with Crippen molar-refractivity contribution in [1.82, 2.24) is 15.2 Å². The van der Waals surface area contributed by atoms with Gasteiger partial charge in [-0.05, 0) is 87.3 Å². The first-order valence-electron chi connectivity index (χ1n) is 12.9. The molecule has 188 valence electrons. The number of benzene rings is 3. The van der Waals surface area contributed by atoms with E-state index in [2.05, 4.69) is 28.3 Å². The molecule has 4 aromatic rings. The molecule has 3 aromatic carbocycles. The van der Waals surface area contributed by atoms with Crippen LogP contribution in [-0.2, 0) is 5.54 Å². The van der Waals surface area contributed by atoms with Gasteiger partial charge in [-0.3, -0.25) is 14.7 Å². The van der Waals surface area contributed by atoms with E-state index in [4.69, 9.17) is 9.47 Å². The molecule has 2 fully saturated rings. The molecule has 2 aliphatic rings. The second-order valence-electron chi connectivity index (χ2n) is 10.2. The number of ether oxygens (including phenoxy) is 2. The van der Waals surface area contributed by atoms with Crippen LogP contribution in [0.1, 0.15) is 40.7 Å². The minimum Gasteiger partial charge on any atom is -0.492 e. The fraction of sp³-hybridized carbons (Fsp3) is 0.290. The van der Waals surface area contributed by atoms with Gasteiger partial charge in [0, 0.05) is 29.3 Å². The van der Waals surface area contributed by atoms with E-state index < -0.39 is 5.54 Å². The number of carbonyl (C=O) groups excluding carboxylic acids is 1. The Morgan fingerprint density at radius 3 is 2.59 bits per heavy atom. The maximum Gasteiger partial charge on any atom is 0.252 e. The molecule has 6 rings (SSSR count). The van der Waals surface area contributed by atoms with Crippen molar-refractivity contribution < 1.29 is 14.3 Å². The predicted molar refractivity (Wildman–Crippen MR) is 144 cm³/mol. The van der Waals surface area contributed by atoms with E-state index in [1.165, 1.54) is 0 Å². The van der Waals surface area contributed by atoms with E-state index >= 15 is 0 Å². The van der Waals surface area contributed by atoms with Crippen molar-refractivity contribution in [2.45, 2.75) is 37.8 Å². The van der Waals surface area contributed by atoms with Gasteiger partial charge in [-0.1, -0.05) is 30.3 Å². The van der Waals surface area contributed by atoms with Crippen LogP contribution in [0.2, 0.25) is 0 Å². The number of aryl methyl sites for hydroxylation is 1. The predicted octanol–water partition coefficient (Wildman–Crippen LogP) is 5.84. The lowest BCUT2D eigenvalue weighted by Crippen LogP contribution is -2.48.